The van der Waals surface area contributed by atoms with Gasteiger partial charge in [0.05, 0.1) is 30.7 Å². The summed E-state index contributed by atoms with van der Waals surface area (Å²) in [7, 11) is 0. The SMILES string of the molecule is CCOc1cc(Cl)nn2c(-c3cnn(C4CC4)c3)cnc12. The van der Waals surface area contributed by atoms with Crippen molar-refractivity contribution in [1.29, 1.82) is 0 Å². The number of imidazole rings is 1. The zero-order valence-electron chi connectivity index (χ0n) is 11.5. The summed E-state index contributed by atoms with van der Waals surface area (Å²) in [4.78, 5) is 4.40. The van der Waals surface area contributed by atoms with Crippen molar-refractivity contribution < 1.29 is 4.74 Å². The van der Waals surface area contributed by atoms with E-state index in [9.17, 15) is 0 Å². The Morgan fingerprint density at radius 3 is 3.00 bits per heavy atom. The van der Waals surface area contributed by atoms with Crippen LogP contribution in [0.25, 0.3) is 16.9 Å². The number of aromatic nitrogens is 5. The zero-order chi connectivity index (χ0) is 14.4. The lowest BCUT2D eigenvalue weighted by atomic mass is 10.3. The van der Waals surface area contributed by atoms with Crippen LogP contribution in [0.2, 0.25) is 5.15 Å². The number of halogens is 1. The first-order chi connectivity index (χ1) is 10.3. The lowest BCUT2D eigenvalue weighted by Crippen LogP contribution is -2.00. The molecular weight excluding hydrogens is 290 g/mol. The summed E-state index contributed by atoms with van der Waals surface area (Å²) < 4.78 is 9.29. The second-order valence-corrected chi connectivity index (χ2v) is 5.47. The highest BCUT2D eigenvalue weighted by atomic mass is 35.5. The summed E-state index contributed by atoms with van der Waals surface area (Å²) in [6.45, 7) is 2.48. The van der Waals surface area contributed by atoms with Gasteiger partial charge in [0.15, 0.2) is 16.5 Å². The van der Waals surface area contributed by atoms with Gasteiger partial charge in [-0.15, -0.1) is 0 Å². The fraction of sp³-hybridized carbons (Fsp3) is 0.357. The standard InChI is InChI=1S/C14H14ClN5O/c1-2-21-12-5-13(15)18-20-11(7-16-14(12)20)9-6-17-19(8-9)10-3-4-10/h5-8,10H,2-4H2,1H3. The number of rotatable bonds is 4. The van der Waals surface area contributed by atoms with E-state index >= 15 is 0 Å². The van der Waals surface area contributed by atoms with E-state index in [1.165, 1.54) is 12.8 Å². The summed E-state index contributed by atoms with van der Waals surface area (Å²) in [6, 6.07) is 2.23. The van der Waals surface area contributed by atoms with Crippen molar-refractivity contribution in [3.8, 4) is 17.0 Å². The van der Waals surface area contributed by atoms with Gasteiger partial charge in [0.2, 0.25) is 0 Å². The van der Waals surface area contributed by atoms with Crippen LogP contribution in [-0.4, -0.2) is 31.0 Å². The fourth-order valence-corrected chi connectivity index (χ4v) is 2.55. The third-order valence-electron chi connectivity index (χ3n) is 3.52. The third-order valence-corrected chi connectivity index (χ3v) is 3.71. The molecule has 3 aromatic heterocycles. The minimum Gasteiger partial charge on any atom is -0.490 e. The van der Waals surface area contributed by atoms with Crippen molar-refractivity contribution in [3.05, 3.63) is 29.8 Å². The van der Waals surface area contributed by atoms with Gasteiger partial charge < -0.3 is 4.74 Å². The molecule has 7 heteroatoms. The van der Waals surface area contributed by atoms with E-state index in [4.69, 9.17) is 16.3 Å². The zero-order valence-corrected chi connectivity index (χ0v) is 12.3. The Kier molecular flexibility index (Phi) is 2.85. The first-order valence-electron chi connectivity index (χ1n) is 6.98. The van der Waals surface area contributed by atoms with Crippen molar-refractivity contribution in [2.75, 3.05) is 6.61 Å². The lowest BCUT2D eigenvalue weighted by Gasteiger charge is -2.05. The van der Waals surface area contributed by atoms with Crippen LogP contribution < -0.4 is 4.74 Å². The first-order valence-corrected chi connectivity index (χ1v) is 7.35. The van der Waals surface area contributed by atoms with E-state index in [-0.39, 0.29) is 0 Å². The second kappa shape index (κ2) is 4.73. The molecule has 0 saturated heterocycles. The normalized spacial score (nSPS) is 14.8. The quantitative estimate of drug-likeness (QED) is 0.743. The van der Waals surface area contributed by atoms with E-state index in [2.05, 4.69) is 15.2 Å². The van der Waals surface area contributed by atoms with Crippen molar-refractivity contribution in [2.24, 2.45) is 0 Å². The van der Waals surface area contributed by atoms with Crippen molar-refractivity contribution >= 4 is 17.2 Å². The van der Waals surface area contributed by atoms with Crippen LogP contribution in [0.3, 0.4) is 0 Å². The Morgan fingerprint density at radius 2 is 2.24 bits per heavy atom. The largest absolute Gasteiger partial charge is 0.490 e. The molecule has 0 N–H and O–H groups in total. The molecule has 21 heavy (non-hydrogen) atoms. The van der Waals surface area contributed by atoms with Gasteiger partial charge >= 0.3 is 0 Å². The van der Waals surface area contributed by atoms with Crippen molar-refractivity contribution in [2.45, 2.75) is 25.8 Å². The van der Waals surface area contributed by atoms with Gasteiger partial charge in [-0.1, -0.05) is 11.6 Å². The van der Waals surface area contributed by atoms with E-state index in [0.717, 1.165) is 11.3 Å². The highest BCUT2D eigenvalue weighted by Crippen LogP contribution is 2.35. The highest BCUT2D eigenvalue weighted by molar-refractivity contribution is 6.29. The summed E-state index contributed by atoms with van der Waals surface area (Å²) in [6.07, 6.45) is 8.05. The van der Waals surface area contributed by atoms with Gasteiger partial charge in [0.25, 0.3) is 0 Å². The summed E-state index contributed by atoms with van der Waals surface area (Å²) >= 11 is 6.08. The topological polar surface area (TPSA) is 57.2 Å². The Hall–Kier alpha value is -2.08. The lowest BCUT2D eigenvalue weighted by molar-refractivity contribution is 0.341. The maximum Gasteiger partial charge on any atom is 0.197 e. The molecule has 0 atom stereocenters. The molecule has 0 aliphatic heterocycles. The second-order valence-electron chi connectivity index (χ2n) is 5.08. The van der Waals surface area contributed by atoms with E-state index in [1.54, 1.807) is 16.8 Å². The highest BCUT2D eigenvalue weighted by Gasteiger charge is 2.25. The number of ether oxygens (including phenoxy) is 1. The Labute approximate surface area is 126 Å². The monoisotopic (exact) mass is 303 g/mol. The number of fused-ring (bicyclic) bond motifs is 1. The van der Waals surface area contributed by atoms with Gasteiger partial charge in [-0.2, -0.15) is 10.2 Å². The molecule has 1 saturated carbocycles. The molecule has 3 heterocycles. The van der Waals surface area contributed by atoms with Crippen LogP contribution in [-0.2, 0) is 0 Å². The smallest absolute Gasteiger partial charge is 0.197 e. The number of hydrogen-bond donors (Lipinski definition) is 0. The van der Waals surface area contributed by atoms with Crippen molar-refractivity contribution in [1.82, 2.24) is 24.4 Å². The minimum atomic E-state index is 0.375. The Morgan fingerprint density at radius 1 is 1.38 bits per heavy atom. The first kappa shape index (κ1) is 12.6. The summed E-state index contributed by atoms with van der Waals surface area (Å²) in [5.74, 6) is 0.637. The molecule has 3 aromatic rings. The molecule has 1 fully saturated rings. The van der Waals surface area contributed by atoms with Crippen LogP contribution in [0.5, 0.6) is 5.75 Å². The Balaban J connectivity index is 1.84. The van der Waals surface area contributed by atoms with Gasteiger partial charge in [-0.25, -0.2) is 9.50 Å². The maximum absolute atomic E-state index is 6.08. The fourth-order valence-electron chi connectivity index (χ4n) is 2.38. The van der Waals surface area contributed by atoms with Crippen LogP contribution in [0.1, 0.15) is 25.8 Å². The van der Waals surface area contributed by atoms with Gasteiger partial charge in [0, 0.05) is 17.8 Å². The average Bonchev–Trinajstić information content (AvgIpc) is 3.05. The molecule has 0 unspecified atom stereocenters. The minimum absolute atomic E-state index is 0.375. The average molecular weight is 304 g/mol. The van der Waals surface area contributed by atoms with Crippen LogP contribution >= 0.6 is 11.6 Å². The maximum atomic E-state index is 6.08. The van der Waals surface area contributed by atoms with Crippen LogP contribution in [0.15, 0.2) is 24.7 Å². The number of nitrogens with zero attached hydrogens (tertiary/aromatic N) is 5. The predicted molar refractivity (Wildman–Crippen MR) is 78.7 cm³/mol. The third kappa shape index (κ3) is 2.15. The predicted octanol–water partition coefficient (Wildman–Crippen LogP) is 2.98. The van der Waals surface area contributed by atoms with Crippen LogP contribution in [0, 0.1) is 0 Å². The van der Waals surface area contributed by atoms with E-state index in [0.29, 0.717) is 29.2 Å². The molecular formula is C14H14ClN5O. The molecule has 6 nitrogen and oxygen atoms in total. The molecule has 108 valence electrons. The number of hydrogen-bond acceptors (Lipinski definition) is 4. The molecule has 1 aliphatic carbocycles. The van der Waals surface area contributed by atoms with Crippen LogP contribution in [0.4, 0.5) is 0 Å². The van der Waals surface area contributed by atoms with E-state index in [1.807, 2.05) is 24.0 Å². The molecule has 0 bridgehead atoms. The van der Waals surface area contributed by atoms with Crippen molar-refractivity contribution in [3.63, 3.8) is 0 Å². The molecule has 0 radical (unpaired) electrons. The molecule has 0 spiro atoms. The molecule has 0 aromatic carbocycles. The van der Waals surface area contributed by atoms with Gasteiger partial charge in [-0.3, -0.25) is 4.68 Å². The van der Waals surface area contributed by atoms with E-state index < -0.39 is 0 Å². The Bertz CT molecular complexity index is 805. The summed E-state index contributed by atoms with van der Waals surface area (Å²) in [5, 5.41) is 9.11. The van der Waals surface area contributed by atoms with Gasteiger partial charge in [-0.05, 0) is 19.8 Å². The molecule has 1 aliphatic rings. The molecule has 0 amide bonds. The molecule has 4 rings (SSSR count). The van der Waals surface area contributed by atoms with Gasteiger partial charge in [0.1, 0.15) is 0 Å². The summed E-state index contributed by atoms with van der Waals surface area (Å²) in [5.41, 5.74) is 2.50.